The molecule has 0 fully saturated rings. The van der Waals surface area contributed by atoms with Gasteiger partial charge in [-0.25, -0.2) is 19.9 Å². The maximum absolute atomic E-state index is 9.62. The van der Waals surface area contributed by atoms with Crippen molar-refractivity contribution in [3.63, 3.8) is 0 Å². The van der Waals surface area contributed by atoms with Crippen molar-refractivity contribution in [3.05, 3.63) is 169 Å². The van der Waals surface area contributed by atoms with Crippen molar-refractivity contribution in [2.45, 2.75) is 0 Å². The van der Waals surface area contributed by atoms with Crippen molar-refractivity contribution in [2.24, 2.45) is 0 Å². The molecular formula is C45H27N7. The van der Waals surface area contributed by atoms with Crippen LogP contribution in [0.25, 0.3) is 89.3 Å². The predicted molar refractivity (Wildman–Crippen MR) is 207 cm³/mol. The number of hydrogen-bond donors (Lipinski definition) is 0. The summed E-state index contributed by atoms with van der Waals surface area (Å²) < 4.78 is 4.61. The highest BCUT2D eigenvalue weighted by Crippen LogP contribution is 2.41. The highest BCUT2D eigenvalue weighted by molar-refractivity contribution is 6.25. The normalized spacial score (nSPS) is 11.4. The van der Waals surface area contributed by atoms with E-state index in [2.05, 4.69) is 94.1 Å². The zero-order valence-corrected chi connectivity index (χ0v) is 27.7. The molecule has 0 aliphatic heterocycles. The molecule has 242 valence electrons. The molecule has 0 saturated carbocycles. The van der Waals surface area contributed by atoms with Crippen LogP contribution < -0.4 is 0 Å². The van der Waals surface area contributed by atoms with Crippen LogP contribution in [-0.2, 0) is 0 Å². The molecule has 0 bridgehead atoms. The lowest BCUT2D eigenvalue weighted by Gasteiger charge is -2.12. The molecule has 0 amide bonds. The first-order chi connectivity index (χ1) is 25.7. The molecule has 7 nitrogen and oxygen atoms in total. The van der Waals surface area contributed by atoms with E-state index in [1.807, 2.05) is 79.0 Å². The second kappa shape index (κ2) is 11.9. The van der Waals surface area contributed by atoms with E-state index in [4.69, 9.17) is 19.9 Å². The third-order valence-corrected chi connectivity index (χ3v) is 9.62. The van der Waals surface area contributed by atoms with Crippen LogP contribution in [0.15, 0.2) is 164 Å². The molecule has 0 unspecified atom stereocenters. The van der Waals surface area contributed by atoms with Crippen LogP contribution in [0.2, 0.25) is 0 Å². The van der Waals surface area contributed by atoms with Crippen LogP contribution in [0.3, 0.4) is 0 Å². The molecule has 0 atom stereocenters. The molecule has 0 saturated heterocycles. The number of rotatable bonds is 5. The maximum atomic E-state index is 9.62. The number of hydrogen-bond acceptors (Lipinski definition) is 5. The van der Waals surface area contributed by atoms with Gasteiger partial charge in [0.25, 0.3) is 0 Å². The Morgan fingerprint density at radius 2 is 1.10 bits per heavy atom. The summed E-state index contributed by atoms with van der Waals surface area (Å²) in [5, 5.41) is 14.1. The quantitative estimate of drug-likeness (QED) is 0.183. The smallest absolute Gasteiger partial charge is 0.164 e. The fourth-order valence-electron chi connectivity index (χ4n) is 7.35. The first-order valence-electron chi connectivity index (χ1n) is 17.0. The van der Waals surface area contributed by atoms with Gasteiger partial charge >= 0.3 is 0 Å². The van der Waals surface area contributed by atoms with Gasteiger partial charge in [-0.2, -0.15) is 5.26 Å². The molecule has 4 aromatic heterocycles. The van der Waals surface area contributed by atoms with Gasteiger partial charge in [-0.05, 0) is 60.7 Å². The minimum Gasteiger partial charge on any atom is -0.309 e. The Labute approximate surface area is 298 Å². The molecule has 7 heteroatoms. The Kier molecular flexibility index (Phi) is 6.73. The minimum absolute atomic E-state index is 0.500. The number of pyridine rings is 1. The van der Waals surface area contributed by atoms with Crippen LogP contribution >= 0.6 is 0 Å². The first-order valence-corrected chi connectivity index (χ1v) is 17.0. The number of aromatic nitrogens is 6. The van der Waals surface area contributed by atoms with E-state index in [1.54, 1.807) is 6.07 Å². The Bertz CT molecular complexity index is 3030. The van der Waals surface area contributed by atoms with Crippen molar-refractivity contribution >= 4 is 43.7 Å². The summed E-state index contributed by atoms with van der Waals surface area (Å²) in [5.74, 6) is 1.59. The zero-order valence-electron chi connectivity index (χ0n) is 27.7. The molecule has 10 aromatic rings. The van der Waals surface area contributed by atoms with Gasteiger partial charge in [-0.1, -0.05) is 97.1 Å². The lowest BCUT2D eigenvalue weighted by atomic mass is 10.1. The lowest BCUT2D eigenvalue weighted by Crippen LogP contribution is -2.01. The van der Waals surface area contributed by atoms with Crippen molar-refractivity contribution in [3.8, 4) is 51.6 Å². The van der Waals surface area contributed by atoms with Gasteiger partial charge < -0.3 is 4.57 Å². The second-order valence-corrected chi connectivity index (χ2v) is 12.7. The lowest BCUT2D eigenvalue weighted by molar-refractivity contribution is 1.07. The molecule has 52 heavy (non-hydrogen) atoms. The van der Waals surface area contributed by atoms with Crippen LogP contribution in [-0.4, -0.2) is 29.1 Å². The third-order valence-electron chi connectivity index (χ3n) is 9.62. The summed E-state index contributed by atoms with van der Waals surface area (Å²) in [6.07, 6.45) is 1.85. The molecule has 6 aromatic carbocycles. The maximum Gasteiger partial charge on any atom is 0.164 e. The topological polar surface area (TPSA) is 85.2 Å². The van der Waals surface area contributed by atoms with E-state index in [0.29, 0.717) is 23.0 Å². The number of fused-ring (bicyclic) bond motifs is 7. The van der Waals surface area contributed by atoms with Gasteiger partial charge in [0.1, 0.15) is 5.65 Å². The van der Waals surface area contributed by atoms with Crippen LogP contribution in [0.1, 0.15) is 5.56 Å². The highest BCUT2D eigenvalue weighted by Gasteiger charge is 2.22. The average molecular weight is 666 g/mol. The van der Waals surface area contributed by atoms with Crippen molar-refractivity contribution in [2.75, 3.05) is 0 Å². The summed E-state index contributed by atoms with van der Waals surface area (Å²) in [6, 6.07) is 55.5. The monoisotopic (exact) mass is 665 g/mol. The predicted octanol–water partition coefficient (Wildman–Crippen LogP) is 10.3. The van der Waals surface area contributed by atoms with Crippen molar-refractivity contribution in [1.29, 1.82) is 5.26 Å². The van der Waals surface area contributed by atoms with E-state index >= 15 is 0 Å². The van der Waals surface area contributed by atoms with E-state index in [0.717, 1.165) is 66.4 Å². The molecular weight excluding hydrogens is 639 g/mol. The van der Waals surface area contributed by atoms with E-state index in [-0.39, 0.29) is 0 Å². The Morgan fingerprint density at radius 3 is 1.88 bits per heavy atom. The standard InChI is InChI=1S/C45H27N7/c46-28-29-12-9-15-31(26-29)43-48-42(30-13-3-1-4-14-30)49-44(50-43)32-16-10-19-34(27-32)52-41-35(36-21-11-25-47-45(36)52)23-24-39-40(41)37-20-7-8-22-38(37)51(39)33-17-5-2-6-18-33/h1-27H. The summed E-state index contributed by atoms with van der Waals surface area (Å²) in [4.78, 5) is 19.8. The average Bonchev–Trinajstić information content (AvgIpc) is 3.74. The minimum atomic E-state index is 0.500. The van der Waals surface area contributed by atoms with Crippen LogP contribution in [0.5, 0.6) is 0 Å². The zero-order chi connectivity index (χ0) is 34.6. The number of nitrogens with zero attached hydrogens (tertiary/aromatic N) is 7. The van der Waals surface area contributed by atoms with E-state index in [9.17, 15) is 5.26 Å². The van der Waals surface area contributed by atoms with Gasteiger partial charge in [0.2, 0.25) is 0 Å². The Balaban J connectivity index is 1.24. The molecule has 0 N–H and O–H groups in total. The number of para-hydroxylation sites is 2. The molecule has 4 heterocycles. The fourth-order valence-corrected chi connectivity index (χ4v) is 7.35. The van der Waals surface area contributed by atoms with Crippen molar-refractivity contribution < 1.29 is 0 Å². The van der Waals surface area contributed by atoms with Gasteiger partial charge in [-0.3, -0.25) is 4.57 Å². The summed E-state index contributed by atoms with van der Waals surface area (Å²) in [5.41, 5.74) is 9.27. The number of nitriles is 1. The van der Waals surface area contributed by atoms with Gasteiger partial charge in [-0.15, -0.1) is 0 Å². The molecule has 0 spiro atoms. The highest BCUT2D eigenvalue weighted by atomic mass is 15.1. The van der Waals surface area contributed by atoms with Crippen LogP contribution in [0.4, 0.5) is 0 Å². The molecule has 0 radical (unpaired) electrons. The first kappa shape index (κ1) is 29.5. The van der Waals surface area contributed by atoms with E-state index < -0.39 is 0 Å². The SMILES string of the molecule is N#Cc1cccc(-c2nc(-c3ccccc3)nc(-c3cccc(-n4c5ncccc5c5ccc6c(c7ccccc7n6-c6ccccc6)c54)c3)n2)c1. The molecule has 0 aliphatic carbocycles. The van der Waals surface area contributed by atoms with E-state index in [1.165, 1.54) is 5.39 Å². The fraction of sp³-hybridized carbons (Fsp3) is 0. The Morgan fingerprint density at radius 1 is 0.462 bits per heavy atom. The number of benzene rings is 6. The summed E-state index contributed by atoms with van der Waals surface area (Å²) in [7, 11) is 0. The second-order valence-electron chi connectivity index (χ2n) is 12.7. The molecule has 0 aliphatic rings. The summed E-state index contributed by atoms with van der Waals surface area (Å²) in [6.45, 7) is 0. The van der Waals surface area contributed by atoms with Crippen LogP contribution in [0, 0.1) is 11.3 Å². The van der Waals surface area contributed by atoms with Gasteiger partial charge in [0.15, 0.2) is 17.5 Å². The summed E-state index contributed by atoms with van der Waals surface area (Å²) >= 11 is 0. The van der Waals surface area contributed by atoms with Gasteiger partial charge in [0.05, 0.1) is 28.2 Å². The third kappa shape index (κ3) is 4.67. The molecule has 10 rings (SSSR count). The van der Waals surface area contributed by atoms with Crippen molar-refractivity contribution in [1.82, 2.24) is 29.1 Å². The largest absolute Gasteiger partial charge is 0.309 e. The Hall–Kier alpha value is -7.43. The van der Waals surface area contributed by atoms with Gasteiger partial charge in [0, 0.05) is 55.8 Å².